The van der Waals surface area contributed by atoms with Crippen molar-refractivity contribution in [1.29, 1.82) is 0 Å². The molecule has 5 aromatic rings. The predicted molar refractivity (Wildman–Crippen MR) is 136 cm³/mol. The number of amides is 1. The number of hydrogen-bond donors (Lipinski definition) is 1. The number of nitrogens with one attached hydrogen (secondary N) is 1. The van der Waals surface area contributed by atoms with E-state index in [1.54, 1.807) is 0 Å². The van der Waals surface area contributed by atoms with Crippen LogP contribution in [0.4, 0.5) is 5.69 Å². The van der Waals surface area contributed by atoms with Crippen molar-refractivity contribution in [3.63, 3.8) is 0 Å². The van der Waals surface area contributed by atoms with Crippen LogP contribution in [0.5, 0.6) is 11.5 Å². The lowest BCUT2D eigenvalue weighted by atomic mass is 10.1. The third-order valence-corrected chi connectivity index (χ3v) is 6.57. The van der Waals surface area contributed by atoms with Crippen molar-refractivity contribution in [2.24, 2.45) is 0 Å². The summed E-state index contributed by atoms with van der Waals surface area (Å²) < 4.78 is 12.9. The molecular weight excluding hydrogens is 460 g/mol. The zero-order valence-corrected chi connectivity index (χ0v) is 19.4. The quantitative estimate of drug-likeness (QED) is 0.321. The molecule has 0 atom stereocenters. The topological polar surface area (TPSA) is 78.3 Å². The zero-order chi connectivity index (χ0) is 23.6. The Morgan fingerprint density at radius 2 is 1.66 bits per heavy atom. The number of carbonyl (C=O) groups excluding carboxylic acids is 1. The van der Waals surface area contributed by atoms with Crippen molar-refractivity contribution in [3.05, 3.63) is 91.0 Å². The molecule has 0 unspecified atom stereocenters. The van der Waals surface area contributed by atoms with E-state index in [1.807, 2.05) is 95.6 Å². The van der Waals surface area contributed by atoms with Gasteiger partial charge in [0.1, 0.15) is 0 Å². The molecule has 4 aromatic carbocycles. The van der Waals surface area contributed by atoms with Crippen LogP contribution in [-0.2, 0) is 4.79 Å². The van der Waals surface area contributed by atoms with E-state index in [9.17, 15) is 4.79 Å². The molecule has 0 aliphatic carbocycles. The highest BCUT2D eigenvalue weighted by Crippen LogP contribution is 2.37. The molecule has 2 heterocycles. The van der Waals surface area contributed by atoms with Gasteiger partial charge in [0, 0.05) is 16.9 Å². The average molecular weight is 481 g/mol. The molecule has 8 heteroatoms. The fourth-order valence-electron chi connectivity index (χ4n) is 3.99. The van der Waals surface area contributed by atoms with Gasteiger partial charge in [0.2, 0.25) is 12.7 Å². The van der Waals surface area contributed by atoms with Crippen LogP contribution in [0.15, 0.2) is 96.2 Å². The van der Waals surface area contributed by atoms with Gasteiger partial charge in [-0.25, -0.2) is 0 Å². The lowest BCUT2D eigenvalue weighted by molar-refractivity contribution is -0.113. The summed E-state index contributed by atoms with van der Waals surface area (Å²) in [6.45, 7) is 0.206. The Hall–Kier alpha value is -4.30. The number of thioether (sulfide) groups is 1. The molecule has 7 nitrogen and oxygen atoms in total. The largest absolute Gasteiger partial charge is 0.454 e. The standard InChI is InChI=1S/C27H20N4O3S/c32-25(28-21-12-10-18-6-4-5-7-19(18)14-21)16-35-27-30-29-26(31(27)22-8-2-1-3-9-22)20-11-13-23-24(15-20)34-17-33-23/h1-15H,16-17H2,(H,28,32). The van der Waals surface area contributed by atoms with Crippen molar-refractivity contribution in [1.82, 2.24) is 14.8 Å². The van der Waals surface area contributed by atoms with E-state index in [4.69, 9.17) is 9.47 Å². The van der Waals surface area contributed by atoms with Crippen LogP contribution in [0.1, 0.15) is 0 Å². The minimum absolute atomic E-state index is 0.113. The van der Waals surface area contributed by atoms with Crippen molar-refractivity contribution >= 4 is 34.1 Å². The van der Waals surface area contributed by atoms with Gasteiger partial charge in [-0.1, -0.05) is 60.3 Å². The molecule has 1 aromatic heterocycles. The van der Waals surface area contributed by atoms with Crippen LogP contribution in [-0.4, -0.2) is 33.2 Å². The first kappa shape index (κ1) is 21.2. The van der Waals surface area contributed by atoms with Crippen molar-refractivity contribution in [2.45, 2.75) is 5.16 Å². The lowest BCUT2D eigenvalue weighted by Crippen LogP contribution is -2.14. The Morgan fingerprint density at radius 1 is 0.857 bits per heavy atom. The molecule has 0 saturated carbocycles. The van der Waals surface area contributed by atoms with Gasteiger partial charge in [-0.15, -0.1) is 10.2 Å². The second kappa shape index (κ2) is 9.15. The highest BCUT2D eigenvalue weighted by molar-refractivity contribution is 7.99. The average Bonchev–Trinajstić information content (AvgIpc) is 3.54. The Labute approximate surface area is 205 Å². The molecule has 1 N–H and O–H groups in total. The first-order chi connectivity index (χ1) is 17.2. The number of benzene rings is 4. The van der Waals surface area contributed by atoms with Gasteiger partial charge in [-0.05, 0) is 53.2 Å². The Kier molecular flexibility index (Phi) is 5.56. The Bertz CT molecular complexity index is 1530. The zero-order valence-electron chi connectivity index (χ0n) is 18.5. The van der Waals surface area contributed by atoms with Crippen molar-refractivity contribution < 1.29 is 14.3 Å². The molecule has 6 rings (SSSR count). The first-order valence-electron chi connectivity index (χ1n) is 11.1. The van der Waals surface area contributed by atoms with Gasteiger partial charge in [0.25, 0.3) is 0 Å². The van der Waals surface area contributed by atoms with E-state index in [0.717, 1.165) is 27.7 Å². The minimum Gasteiger partial charge on any atom is -0.454 e. The number of rotatable bonds is 6. The number of fused-ring (bicyclic) bond motifs is 2. The summed E-state index contributed by atoms with van der Waals surface area (Å²) in [5.41, 5.74) is 2.51. The summed E-state index contributed by atoms with van der Waals surface area (Å²) in [7, 11) is 0. The number of aromatic nitrogens is 3. The van der Waals surface area contributed by atoms with Crippen molar-refractivity contribution in [2.75, 3.05) is 17.9 Å². The summed E-state index contributed by atoms with van der Waals surface area (Å²) in [4.78, 5) is 12.8. The van der Waals surface area contributed by atoms with Gasteiger partial charge in [-0.2, -0.15) is 0 Å². The number of ether oxygens (including phenoxy) is 2. The summed E-state index contributed by atoms with van der Waals surface area (Å²) in [5.74, 6) is 2.12. The fourth-order valence-corrected chi connectivity index (χ4v) is 4.74. The summed E-state index contributed by atoms with van der Waals surface area (Å²) in [6, 6.07) is 29.5. The van der Waals surface area contributed by atoms with Gasteiger partial charge in [-0.3, -0.25) is 9.36 Å². The smallest absolute Gasteiger partial charge is 0.234 e. The molecule has 0 bridgehead atoms. The van der Waals surface area contributed by atoms with Gasteiger partial charge < -0.3 is 14.8 Å². The molecule has 0 radical (unpaired) electrons. The molecular formula is C27H20N4O3S. The Balaban J connectivity index is 1.25. The Morgan fingerprint density at radius 3 is 2.54 bits per heavy atom. The normalized spacial score (nSPS) is 12.1. The minimum atomic E-state index is -0.113. The highest BCUT2D eigenvalue weighted by atomic mass is 32.2. The fraction of sp³-hybridized carbons (Fsp3) is 0.0741. The number of hydrogen-bond acceptors (Lipinski definition) is 6. The molecule has 0 fully saturated rings. The second-order valence-electron chi connectivity index (χ2n) is 7.94. The van der Waals surface area contributed by atoms with E-state index < -0.39 is 0 Å². The van der Waals surface area contributed by atoms with Crippen molar-refractivity contribution in [3.8, 4) is 28.6 Å². The number of anilines is 1. The van der Waals surface area contributed by atoms with Crippen LogP contribution >= 0.6 is 11.8 Å². The van der Waals surface area contributed by atoms with Gasteiger partial charge in [0.15, 0.2) is 22.5 Å². The molecule has 0 spiro atoms. The van der Waals surface area contributed by atoms with E-state index >= 15 is 0 Å². The van der Waals surface area contributed by atoms with E-state index in [2.05, 4.69) is 15.5 Å². The first-order valence-corrected chi connectivity index (χ1v) is 12.1. The van der Waals surface area contributed by atoms with Crippen LogP contribution in [0.2, 0.25) is 0 Å². The molecule has 35 heavy (non-hydrogen) atoms. The van der Waals surface area contributed by atoms with Crippen LogP contribution in [0.3, 0.4) is 0 Å². The SMILES string of the molecule is O=C(CSc1nnc(-c2ccc3c(c2)OCO3)n1-c1ccccc1)Nc1ccc2ccccc2c1. The van der Waals surface area contributed by atoms with E-state index in [-0.39, 0.29) is 18.5 Å². The van der Waals surface area contributed by atoms with Gasteiger partial charge >= 0.3 is 0 Å². The summed E-state index contributed by atoms with van der Waals surface area (Å²) in [5, 5.41) is 14.7. The third kappa shape index (κ3) is 4.31. The predicted octanol–water partition coefficient (Wildman–Crippen LogP) is 5.55. The summed E-state index contributed by atoms with van der Waals surface area (Å²) >= 11 is 1.34. The second-order valence-corrected chi connectivity index (χ2v) is 8.89. The van der Waals surface area contributed by atoms with Crippen LogP contribution < -0.4 is 14.8 Å². The van der Waals surface area contributed by atoms with Crippen LogP contribution in [0, 0.1) is 0 Å². The number of nitrogens with zero attached hydrogens (tertiary/aromatic N) is 3. The number of carbonyl (C=O) groups is 1. The maximum absolute atomic E-state index is 12.8. The molecule has 0 saturated heterocycles. The molecule has 1 aliphatic heterocycles. The highest BCUT2D eigenvalue weighted by Gasteiger charge is 2.20. The van der Waals surface area contributed by atoms with E-state index in [1.165, 1.54) is 11.8 Å². The molecule has 1 aliphatic rings. The monoisotopic (exact) mass is 480 g/mol. The van der Waals surface area contributed by atoms with Crippen LogP contribution in [0.25, 0.3) is 27.8 Å². The van der Waals surface area contributed by atoms with Gasteiger partial charge in [0.05, 0.1) is 5.75 Å². The maximum Gasteiger partial charge on any atom is 0.234 e. The summed E-state index contributed by atoms with van der Waals surface area (Å²) in [6.07, 6.45) is 0. The van der Waals surface area contributed by atoms with E-state index in [0.29, 0.717) is 22.5 Å². The molecule has 1 amide bonds. The maximum atomic E-state index is 12.8. The molecule has 172 valence electrons. The lowest BCUT2D eigenvalue weighted by Gasteiger charge is -2.11. The third-order valence-electron chi connectivity index (χ3n) is 5.64. The number of para-hydroxylation sites is 1.